The molecule has 0 saturated heterocycles. The molecular weight excluding hydrogens is 544 g/mol. The Labute approximate surface area is 219 Å². The molecule has 4 rings (SSSR count). The first-order valence-electron chi connectivity index (χ1n) is 11.2. The van der Waals surface area contributed by atoms with Crippen LogP contribution in [0.15, 0.2) is 73.8 Å². The van der Waals surface area contributed by atoms with E-state index in [1.54, 1.807) is 31.4 Å². The van der Waals surface area contributed by atoms with Gasteiger partial charge >= 0.3 is 5.69 Å². The largest absolute Gasteiger partial charge is 0.497 e. The fraction of sp³-hybridized carbons (Fsp3) is 0.200. The van der Waals surface area contributed by atoms with Crippen LogP contribution in [0.5, 0.6) is 11.5 Å². The molecule has 0 radical (unpaired) electrons. The number of ether oxygens (including phenoxy) is 2. The summed E-state index contributed by atoms with van der Waals surface area (Å²) in [6.45, 7) is -0.101. The van der Waals surface area contributed by atoms with E-state index in [1.165, 1.54) is 22.4 Å². The standard InChI is InChI=1S/C25H25BrN6O5/c1-31-22-21(23(34)29-25(31)35)32(14-18(33)15-37-20-10-8-19(36-2)9-11-20)24(28-22)30-27-13-17(26)12-16-6-4-3-5-7-16/h3-13,18,33H,14-15H2,1-2H3,(H,28,30)(H,29,34,35). The first-order valence-corrected chi connectivity index (χ1v) is 12.0. The number of aryl methyl sites for hydroxylation is 1. The Balaban J connectivity index is 1.56. The number of hydrazone groups is 1. The topological polar surface area (TPSA) is 136 Å². The lowest BCUT2D eigenvalue weighted by Gasteiger charge is -2.15. The van der Waals surface area contributed by atoms with Crippen LogP contribution in [-0.2, 0) is 13.6 Å². The number of hydrogen-bond acceptors (Lipinski definition) is 8. The van der Waals surface area contributed by atoms with Crippen LogP contribution in [0.1, 0.15) is 5.56 Å². The number of aliphatic hydroxyl groups is 1. The van der Waals surface area contributed by atoms with E-state index in [1.807, 2.05) is 36.4 Å². The minimum absolute atomic E-state index is 0.0488. The van der Waals surface area contributed by atoms with Gasteiger partial charge < -0.3 is 19.1 Å². The Morgan fingerprint density at radius 3 is 2.59 bits per heavy atom. The van der Waals surface area contributed by atoms with Crippen molar-refractivity contribution in [1.29, 1.82) is 0 Å². The van der Waals surface area contributed by atoms with Gasteiger partial charge in [-0.05, 0) is 51.8 Å². The van der Waals surface area contributed by atoms with Gasteiger partial charge in [0.25, 0.3) is 5.56 Å². The zero-order valence-corrected chi connectivity index (χ0v) is 21.7. The monoisotopic (exact) mass is 568 g/mol. The highest BCUT2D eigenvalue weighted by atomic mass is 79.9. The number of aromatic amines is 1. The smallest absolute Gasteiger partial charge is 0.329 e. The minimum Gasteiger partial charge on any atom is -0.497 e. The van der Waals surface area contributed by atoms with Gasteiger partial charge in [0.1, 0.15) is 24.2 Å². The third kappa shape index (κ3) is 6.35. The van der Waals surface area contributed by atoms with Crippen LogP contribution in [0, 0.1) is 0 Å². The Morgan fingerprint density at radius 1 is 1.19 bits per heavy atom. The number of aromatic nitrogens is 4. The zero-order chi connectivity index (χ0) is 26.4. The average Bonchev–Trinajstić information content (AvgIpc) is 3.25. The lowest BCUT2D eigenvalue weighted by atomic mass is 10.2. The third-order valence-electron chi connectivity index (χ3n) is 5.36. The van der Waals surface area contributed by atoms with Gasteiger partial charge in [0.05, 0.1) is 19.9 Å². The maximum Gasteiger partial charge on any atom is 0.329 e. The maximum atomic E-state index is 12.7. The lowest BCUT2D eigenvalue weighted by Crippen LogP contribution is -2.30. The first kappa shape index (κ1) is 25.9. The molecule has 192 valence electrons. The molecule has 0 aliphatic carbocycles. The molecule has 1 unspecified atom stereocenters. The number of benzene rings is 2. The SMILES string of the molecule is COc1ccc(OCC(O)Cn2c(NN=CC(Br)=Cc3ccccc3)nc3c2c(=O)[nH]c(=O)n3C)cc1. The molecule has 4 aromatic rings. The molecule has 2 aromatic carbocycles. The number of allylic oxidation sites excluding steroid dienone is 1. The molecule has 2 heterocycles. The number of nitrogens with one attached hydrogen (secondary N) is 2. The van der Waals surface area contributed by atoms with E-state index < -0.39 is 17.4 Å². The molecule has 0 bridgehead atoms. The van der Waals surface area contributed by atoms with Crippen molar-refractivity contribution in [3.8, 4) is 11.5 Å². The van der Waals surface area contributed by atoms with Crippen molar-refractivity contribution in [2.24, 2.45) is 12.1 Å². The van der Waals surface area contributed by atoms with Gasteiger partial charge in [-0.25, -0.2) is 10.2 Å². The number of fused-ring (bicyclic) bond motifs is 1. The van der Waals surface area contributed by atoms with Crippen LogP contribution in [-0.4, -0.2) is 50.2 Å². The molecule has 0 aliphatic rings. The number of nitrogens with zero attached hydrogens (tertiary/aromatic N) is 4. The van der Waals surface area contributed by atoms with E-state index in [2.05, 4.69) is 36.4 Å². The molecule has 0 fully saturated rings. The summed E-state index contributed by atoms with van der Waals surface area (Å²) in [4.78, 5) is 31.4. The van der Waals surface area contributed by atoms with Crippen LogP contribution in [0.25, 0.3) is 17.2 Å². The second-order valence-electron chi connectivity index (χ2n) is 7.99. The number of rotatable bonds is 10. The fourth-order valence-corrected chi connectivity index (χ4v) is 3.89. The normalized spacial score (nSPS) is 12.7. The van der Waals surface area contributed by atoms with Crippen molar-refractivity contribution < 1.29 is 14.6 Å². The van der Waals surface area contributed by atoms with E-state index in [9.17, 15) is 14.7 Å². The molecule has 2 aromatic heterocycles. The van der Waals surface area contributed by atoms with Gasteiger partial charge in [0.15, 0.2) is 11.2 Å². The highest BCUT2D eigenvalue weighted by Crippen LogP contribution is 2.19. The van der Waals surface area contributed by atoms with Gasteiger partial charge in [-0.15, -0.1) is 0 Å². The van der Waals surface area contributed by atoms with Crippen molar-refractivity contribution >= 4 is 45.3 Å². The average molecular weight is 569 g/mol. The van der Waals surface area contributed by atoms with Crippen LogP contribution in [0.3, 0.4) is 0 Å². The molecule has 0 aliphatic heterocycles. The quantitative estimate of drug-likeness (QED) is 0.197. The Kier molecular flexibility index (Phi) is 8.21. The highest BCUT2D eigenvalue weighted by molar-refractivity contribution is 9.12. The molecule has 37 heavy (non-hydrogen) atoms. The van der Waals surface area contributed by atoms with Gasteiger partial charge in [-0.1, -0.05) is 30.3 Å². The van der Waals surface area contributed by atoms with Crippen LogP contribution in [0.4, 0.5) is 5.95 Å². The van der Waals surface area contributed by atoms with Crippen molar-refractivity contribution in [2.75, 3.05) is 19.1 Å². The van der Waals surface area contributed by atoms with E-state index in [0.29, 0.717) is 16.0 Å². The van der Waals surface area contributed by atoms with Crippen molar-refractivity contribution in [1.82, 2.24) is 19.1 Å². The summed E-state index contributed by atoms with van der Waals surface area (Å²) in [5.74, 6) is 1.40. The van der Waals surface area contributed by atoms with Crippen molar-refractivity contribution in [3.05, 3.63) is 85.5 Å². The van der Waals surface area contributed by atoms with E-state index in [4.69, 9.17) is 9.47 Å². The predicted molar refractivity (Wildman–Crippen MR) is 146 cm³/mol. The number of hydrogen-bond donors (Lipinski definition) is 3. The molecule has 3 N–H and O–H groups in total. The maximum absolute atomic E-state index is 12.7. The van der Waals surface area contributed by atoms with Gasteiger partial charge in [-0.3, -0.25) is 14.3 Å². The summed E-state index contributed by atoms with van der Waals surface area (Å²) in [5.41, 5.74) is 2.81. The minimum atomic E-state index is -1.01. The van der Waals surface area contributed by atoms with Crippen molar-refractivity contribution in [3.63, 3.8) is 0 Å². The summed E-state index contributed by atoms with van der Waals surface area (Å²) < 4.78 is 14.2. The lowest BCUT2D eigenvalue weighted by molar-refractivity contribution is 0.0938. The number of methoxy groups -OCH3 is 1. The molecule has 0 saturated carbocycles. The Morgan fingerprint density at radius 2 is 1.89 bits per heavy atom. The van der Waals surface area contributed by atoms with Crippen LogP contribution < -0.4 is 26.1 Å². The molecule has 1 atom stereocenters. The fourth-order valence-electron chi connectivity index (χ4n) is 3.52. The van der Waals surface area contributed by atoms with Gasteiger partial charge in [0, 0.05) is 11.5 Å². The second kappa shape index (κ2) is 11.7. The summed E-state index contributed by atoms with van der Waals surface area (Å²) in [5, 5.41) is 14.9. The Bertz CT molecular complexity index is 1540. The van der Waals surface area contributed by atoms with Crippen molar-refractivity contribution in [2.45, 2.75) is 12.6 Å². The van der Waals surface area contributed by atoms with E-state index in [0.717, 1.165) is 5.56 Å². The zero-order valence-electron chi connectivity index (χ0n) is 20.1. The van der Waals surface area contributed by atoms with Crippen LogP contribution >= 0.6 is 15.9 Å². The predicted octanol–water partition coefficient (Wildman–Crippen LogP) is 2.71. The summed E-state index contributed by atoms with van der Waals surface area (Å²) in [6, 6.07) is 16.6. The number of H-pyrrole nitrogens is 1. The van der Waals surface area contributed by atoms with Crippen LogP contribution in [0.2, 0.25) is 0 Å². The summed E-state index contributed by atoms with van der Waals surface area (Å²) in [7, 11) is 3.06. The first-order chi connectivity index (χ1) is 17.9. The van der Waals surface area contributed by atoms with E-state index >= 15 is 0 Å². The van der Waals surface area contributed by atoms with Gasteiger partial charge in [0.2, 0.25) is 5.95 Å². The summed E-state index contributed by atoms with van der Waals surface area (Å²) >= 11 is 3.45. The number of aliphatic hydroxyl groups excluding tert-OH is 1. The highest BCUT2D eigenvalue weighted by Gasteiger charge is 2.20. The molecule has 11 nitrogen and oxygen atoms in total. The number of imidazole rings is 1. The van der Waals surface area contributed by atoms with E-state index in [-0.39, 0.29) is 30.3 Å². The molecule has 12 heteroatoms. The third-order valence-corrected chi connectivity index (χ3v) is 5.79. The second-order valence-corrected chi connectivity index (χ2v) is 8.90. The molecule has 0 amide bonds. The number of anilines is 1. The molecular formula is C25H25BrN6O5. The summed E-state index contributed by atoms with van der Waals surface area (Å²) in [6.07, 6.45) is 2.40. The Hall–Kier alpha value is -4.16. The molecule has 0 spiro atoms. The number of halogens is 1. The van der Waals surface area contributed by atoms with Gasteiger partial charge in [-0.2, -0.15) is 10.1 Å².